The van der Waals surface area contributed by atoms with Crippen molar-refractivity contribution in [2.45, 2.75) is 49.9 Å². The van der Waals surface area contributed by atoms with Crippen LogP contribution in [0.15, 0.2) is 48.9 Å². The number of nitrogens with zero attached hydrogens (tertiary/aromatic N) is 4. The number of anilines is 2. The second kappa shape index (κ2) is 11.5. The molecule has 1 aromatic heterocycles. The quantitative estimate of drug-likeness (QED) is 0.308. The van der Waals surface area contributed by atoms with Crippen LogP contribution >= 0.6 is 11.6 Å². The monoisotopic (exact) mass is 678 g/mol. The van der Waals surface area contributed by atoms with Crippen molar-refractivity contribution in [3.63, 3.8) is 0 Å². The third-order valence-electron chi connectivity index (χ3n) is 9.32. The van der Waals surface area contributed by atoms with E-state index >= 15 is 0 Å². The lowest BCUT2D eigenvalue weighted by Gasteiger charge is -2.42. The molecule has 5 amide bonds. The smallest absolute Gasteiger partial charge is 0.369 e. The van der Waals surface area contributed by atoms with Crippen LogP contribution in [0.25, 0.3) is 0 Å². The Kier molecular flexibility index (Phi) is 7.54. The summed E-state index contributed by atoms with van der Waals surface area (Å²) in [4.78, 5) is 70.7. The van der Waals surface area contributed by atoms with Crippen LogP contribution < -0.4 is 15.5 Å². The van der Waals surface area contributed by atoms with E-state index in [1.54, 1.807) is 29.0 Å². The van der Waals surface area contributed by atoms with Gasteiger partial charge in [0.05, 0.1) is 45.8 Å². The van der Waals surface area contributed by atoms with Gasteiger partial charge in [-0.25, -0.2) is 4.98 Å². The summed E-state index contributed by atoms with van der Waals surface area (Å²) in [6.45, 7) is 1.08. The molecule has 0 spiro atoms. The van der Waals surface area contributed by atoms with Crippen molar-refractivity contribution >= 4 is 52.5 Å². The van der Waals surface area contributed by atoms with Crippen molar-refractivity contribution in [2.24, 2.45) is 5.92 Å². The molecule has 4 heterocycles. The van der Waals surface area contributed by atoms with Gasteiger partial charge in [-0.15, -0.1) is 0 Å². The van der Waals surface area contributed by atoms with Gasteiger partial charge in [-0.3, -0.25) is 34.2 Å². The number of piperidine rings is 1. The summed E-state index contributed by atoms with van der Waals surface area (Å²) in [6.07, 6.45) is 0.359. The van der Waals surface area contributed by atoms with E-state index < -0.39 is 52.9 Å². The molecule has 3 aromatic rings. The molecule has 246 valence electrons. The summed E-state index contributed by atoms with van der Waals surface area (Å²) in [5.41, 5.74) is -0.234. The fourth-order valence-corrected chi connectivity index (χ4v) is 6.69. The summed E-state index contributed by atoms with van der Waals surface area (Å²) in [5, 5.41) is 4.64. The van der Waals surface area contributed by atoms with Crippen LogP contribution in [0.1, 0.15) is 64.1 Å². The van der Waals surface area contributed by atoms with Crippen LogP contribution in [0.5, 0.6) is 0 Å². The molecule has 11 nitrogen and oxygen atoms in total. The minimum Gasteiger partial charge on any atom is -0.369 e. The third-order valence-corrected chi connectivity index (χ3v) is 9.63. The van der Waals surface area contributed by atoms with Crippen LogP contribution in [0.4, 0.5) is 24.5 Å². The second-order valence-electron chi connectivity index (χ2n) is 12.2. The Hall–Kier alpha value is -5.16. The number of nitrogens with one attached hydrogen (secondary N) is 2. The average molecular weight is 679 g/mol. The lowest BCUT2D eigenvalue weighted by molar-refractivity contribution is -0.138. The van der Waals surface area contributed by atoms with Gasteiger partial charge in [-0.05, 0) is 68.0 Å². The van der Waals surface area contributed by atoms with Gasteiger partial charge in [0.2, 0.25) is 11.8 Å². The number of aromatic nitrogens is 2. The van der Waals surface area contributed by atoms with Crippen LogP contribution in [-0.4, -0.2) is 63.1 Å². The molecule has 3 fully saturated rings. The van der Waals surface area contributed by atoms with Gasteiger partial charge < -0.3 is 14.8 Å². The summed E-state index contributed by atoms with van der Waals surface area (Å²) in [6, 6.07) is 6.66. The Morgan fingerprint density at radius 1 is 1.04 bits per heavy atom. The minimum atomic E-state index is -4.56. The number of hydrogen-bond acceptors (Lipinski definition) is 7. The lowest BCUT2D eigenvalue weighted by Crippen LogP contribution is -2.54. The van der Waals surface area contributed by atoms with Crippen molar-refractivity contribution in [2.75, 3.05) is 23.3 Å². The summed E-state index contributed by atoms with van der Waals surface area (Å²) in [5.74, 6) is 3.61. The summed E-state index contributed by atoms with van der Waals surface area (Å²) >= 11 is 6.08. The van der Waals surface area contributed by atoms with Crippen molar-refractivity contribution in [3.05, 3.63) is 76.3 Å². The van der Waals surface area contributed by atoms with Gasteiger partial charge in [-0.1, -0.05) is 17.5 Å². The number of amides is 5. The summed E-state index contributed by atoms with van der Waals surface area (Å²) < 4.78 is 40.9. The number of imide groups is 2. The van der Waals surface area contributed by atoms with Crippen LogP contribution in [-0.2, 0) is 26.1 Å². The van der Waals surface area contributed by atoms with Crippen molar-refractivity contribution < 1.29 is 37.1 Å². The molecular weight excluding hydrogens is 653 g/mol. The van der Waals surface area contributed by atoms with E-state index in [2.05, 4.69) is 27.5 Å². The van der Waals surface area contributed by atoms with E-state index in [-0.39, 0.29) is 40.6 Å². The SMILES string of the molecule is O=C1CCC(N2C(=O)c3ccc(N4CC(C#Cc5cncn5C5(C(=O)Nc6ccc(C(F)(F)F)cc6Cl)CCC5)C4)cc3C2=O)C(=O)N1. The largest absolute Gasteiger partial charge is 0.416 e. The van der Waals surface area contributed by atoms with Gasteiger partial charge in [0.25, 0.3) is 17.7 Å². The molecule has 1 aliphatic carbocycles. The third kappa shape index (κ3) is 5.28. The molecule has 48 heavy (non-hydrogen) atoms. The van der Waals surface area contributed by atoms with Gasteiger partial charge >= 0.3 is 6.18 Å². The van der Waals surface area contributed by atoms with Gasteiger partial charge in [0.1, 0.15) is 17.3 Å². The maximum absolute atomic E-state index is 13.5. The first-order chi connectivity index (χ1) is 22.9. The number of imidazole rings is 1. The van der Waals surface area contributed by atoms with Gasteiger partial charge in [0.15, 0.2) is 0 Å². The highest BCUT2D eigenvalue weighted by Gasteiger charge is 2.47. The normalized spacial score (nSPS) is 20.4. The minimum absolute atomic E-state index is 0.0395. The van der Waals surface area contributed by atoms with Crippen LogP contribution in [0.2, 0.25) is 5.02 Å². The second-order valence-corrected chi connectivity index (χ2v) is 12.6. The fourth-order valence-electron chi connectivity index (χ4n) is 6.46. The maximum atomic E-state index is 13.5. The number of carbonyl (C=O) groups is 5. The molecule has 2 aromatic carbocycles. The Morgan fingerprint density at radius 3 is 2.46 bits per heavy atom. The molecule has 1 unspecified atom stereocenters. The zero-order valence-electron chi connectivity index (χ0n) is 25.1. The Balaban J connectivity index is 1.02. The molecule has 0 bridgehead atoms. The molecule has 7 rings (SSSR count). The molecule has 1 atom stereocenters. The Labute approximate surface area is 276 Å². The highest BCUT2D eigenvalue weighted by molar-refractivity contribution is 6.33. The molecule has 2 N–H and O–H groups in total. The number of hydrogen-bond donors (Lipinski definition) is 2. The van der Waals surface area contributed by atoms with Crippen molar-refractivity contribution in [1.29, 1.82) is 0 Å². The predicted molar refractivity (Wildman–Crippen MR) is 165 cm³/mol. The average Bonchev–Trinajstić information content (AvgIpc) is 3.54. The molecule has 4 aliphatic rings. The zero-order chi connectivity index (χ0) is 34.0. The van der Waals surface area contributed by atoms with Gasteiger partial charge in [-0.2, -0.15) is 13.2 Å². The molecular formula is C33H26ClF3N6O5. The first-order valence-corrected chi connectivity index (χ1v) is 15.6. The van der Waals surface area contributed by atoms with Crippen LogP contribution in [0, 0.1) is 17.8 Å². The predicted octanol–water partition coefficient (Wildman–Crippen LogP) is 3.96. The Morgan fingerprint density at radius 2 is 1.79 bits per heavy atom. The number of alkyl halides is 3. The standard InChI is InChI=1S/C33H26ClF3N6O5/c34-24-12-19(33(35,36)37)3-7-25(24)39-31(48)32(10-1-11-32)42-17-38-14-21(42)4-2-18-15-41(16-18)20-5-6-22-23(13-20)30(47)43(29(22)46)26-8-9-27(44)40-28(26)45/h3,5-7,12-14,17-18,26H,1,8-11,15-16H2,(H,39,48)(H,40,44,45). The van der Waals surface area contributed by atoms with Crippen LogP contribution in [0.3, 0.4) is 0 Å². The topological polar surface area (TPSA) is 134 Å². The molecule has 2 saturated heterocycles. The number of carbonyl (C=O) groups excluding carboxylic acids is 5. The van der Waals surface area contributed by atoms with E-state index in [9.17, 15) is 37.1 Å². The Bertz CT molecular complexity index is 1970. The molecule has 3 aliphatic heterocycles. The molecule has 0 radical (unpaired) electrons. The van der Waals surface area contributed by atoms with E-state index in [1.165, 1.54) is 6.33 Å². The molecule has 1 saturated carbocycles. The van der Waals surface area contributed by atoms with E-state index in [0.29, 0.717) is 31.6 Å². The number of rotatable bonds is 5. The van der Waals surface area contributed by atoms with Crippen molar-refractivity contribution in [1.82, 2.24) is 19.8 Å². The highest BCUT2D eigenvalue weighted by atomic mass is 35.5. The number of halogens is 4. The first kappa shape index (κ1) is 31.4. The zero-order valence-corrected chi connectivity index (χ0v) is 25.8. The van der Waals surface area contributed by atoms with E-state index in [4.69, 9.17) is 11.6 Å². The van der Waals surface area contributed by atoms with E-state index in [0.717, 1.165) is 35.2 Å². The van der Waals surface area contributed by atoms with E-state index in [1.807, 2.05) is 4.90 Å². The highest BCUT2D eigenvalue weighted by Crippen LogP contribution is 2.42. The fraction of sp³-hybridized carbons (Fsp3) is 0.333. The van der Waals surface area contributed by atoms with Crippen molar-refractivity contribution in [3.8, 4) is 11.8 Å². The van der Waals surface area contributed by atoms with Gasteiger partial charge in [0, 0.05) is 25.2 Å². The maximum Gasteiger partial charge on any atom is 0.416 e. The number of benzene rings is 2. The molecule has 15 heteroatoms. The first-order valence-electron chi connectivity index (χ1n) is 15.2. The summed E-state index contributed by atoms with van der Waals surface area (Å²) in [7, 11) is 0. The number of fused-ring (bicyclic) bond motifs is 1. The lowest BCUT2D eigenvalue weighted by atomic mass is 9.75.